The van der Waals surface area contributed by atoms with Gasteiger partial charge >= 0.3 is 5.97 Å². The highest BCUT2D eigenvalue weighted by atomic mass is 16.7. The fourth-order valence-corrected chi connectivity index (χ4v) is 2.15. The van der Waals surface area contributed by atoms with Crippen molar-refractivity contribution in [3.63, 3.8) is 0 Å². The van der Waals surface area contributed by atoms with Crippen LogP contribution in [-0.2, 0) is 19.0 Å². The van der Waals surface area contributed by atoms with Crippen LogP contribution in [0, 0.1) is 11.8 Å². The van der Waals surface area contributed by atoms with E-state index in [0.717, 1.165) is 25.7 Å². The van der Waals surface area contributed by atoms with Crippen LogP contribution < -0.4 is 0 Å². The molecule has 0 aromatic heterocycles. The number of ether oxygens (including phenoxy) is 3. The van der Waals surface area contributed by atoms with Gasteiger partial charge in [-0.3, -0.25) is 4.79 Å². The van der Waals surface area contributed by atoms with Gasteiger partial charge in [0.15, 0.2) is 6.29 Å². The van der Waals surface area contributed by atoms with Crippen LogP contribution in [0.3, 0.4) is 0 Å². The first kappa shape index (κ1) is 16.4. The number of rotatable bonds is 7. The number of carbonyl (C=O) groups excluding carboxylic acids is 1. The first-order valence-electron chi connectivity index (χ1n) is 7.52. The molecule has 1 atom stereocenters. The van der Waals surface area contributed by atoms with Crippen LogP contribution in [0.2, 0.25) is 0 Å². The highest BCUT2D eigenvalue weighted by Crippen LogP contribution is 2.19. The summed E-state index contributed by atoms with van der Waals surface area (Å²) in [6, 6.07) is 0. The smallest absolute Gasteiger partial charge is 0.309 e. The summed E-state index contributed by atoms with van der Waals surface area (Å²) in [5.74, 6) is 0.239. The van der Waals surface area contributed by atoms with Crippen LogP contribution >= 0.6 is 0 Å². The number of hydrogen-bond acceptors (Lipinski definition) is 4. The molecule has 0 spiro atoms. The van der Waals surface area contributed by atoms with Crippen molar-refractivity contribution in [2.75, 3.05) is 13.2 Å². The van der Waals surface area contributed by atoms with Crippen molar-refractivity contribution < 1.29 is 19.0 Å². The molecule has 4 heteroatoms. The molecule has 0 amide bonds. The third kappa shape index (κ3) is 5.49. The van der Waals surface area contributed by atoms with Gasteiger partial charge in [0.05, 0.1) is 19.1 Å². The van der Waals surface area contributed by atoms with Gasteiger partial charge in [-0.25, -0.2) is 0 Å². The molecule has 1 aliphatic rings. The van der Waals surface area contributed by atoms with Crippen LogP contribution in [0.5, 0.6) is 0 Å². The van der Waals surface area contributed by atoms with E-state index in [1.54, 1.807) is 0 Å². The van der Waals surface area contributed by atoms with E-state index < -0.39 is 0 Å². The average molecular weight is 272 g/mol. The molecular weight excluding hydrogens is 244 g/mol. The van der Waals surface area contributed by atoms with Crippen molar-refractivity contribution in [3.05, 3.63) is 0 Å². The zero-order chi connectivity index (χ0) is 14.3. The zero-order valence-corrected chi connectivity index (χ0v) is 12.7. The van der Waals surface area contributed by atoms with Gasteiger partial charge in [0.1, 0.15) is 6.10 Å². The number of esters is 1. The summed E-state index contributed by atoms with van der Waals surface area (Å²) in [5.41, 5.74) is 0. The highest BCUT2D eigenvalue weighted by molar-refractivity contribution is 5.72. The lowest BCUT2D eigenvalue weighted by Crippen LogP contribution is -2.41. The minimum absolute atomic E-state index is 0.0165. The summed E-state index contributed by atoms with van der Waals surface area (Å²) in [6.07, 6.45) is 3.50. The molecule has 0 aliphatic carbocycles. The molecule has 1 heterocycles. The second kappa shape index (κ2) is 8.54. The van der Waals surface area contributed by atoms with E-state index in [9.17, 15) is 4.79 Å². The Labute approximate surface area is 116 Å². The van der Waals surface area contributed by atoms with E-state index in [4.69, 9.17) is 14.2 Å². The Balaban J connectivity index is 2.32. The van der Waals surface area contributed by atoms with Gasteiger partial charge in [-0.05, 0) is 12.8 Å². The maximum atomic E-state index is 12.0. The fraction of sp³-hybridized carbons (Fsp3) is 0.933. The second-order valence-corrected chi connectivity index (χ2v) is 5.59. The molecule has 0 aromatic rings. The van der Waals surface area contributed by atoms with Gasteiger partial charge in [-0.1, -0.05) is 40.5 Å². The Bertz CT molecular complexity index is 257. The average Bonchev–Trinajstić information content (AvgIpc) is 2.40. The van der Waals surface area contributed by atoms with Crippen molar-refractivity contribution in [3.8, 4) is 0 Å². The van der Waals surface area contributed by atoms with Crippen molar-refractivity contribution in [1.82, 2.24) is 0 Å². The second-order valence-electron chi connectivity index (χ2n) is 5.59. The molecule has 19 heavy (non-hydrogen) atoms. The Morgan fingerprint density at radius 1 is 1.26 bits per heavy atom. The normalized spacial score (nSPS) is 25.3. The summed E-state index contributed by atoms with van der Waals surface area (Å²) in [5, 5.41) is 0. The highest BCUT2D eigenvalue weighted by Gasteiger charge is 2.28. The molecule has 0 aromatic carbocycles. The summed E-state index contributed by atoms with van der Waals surface area (Å²) in [6.45, 7) is 9.15. The predicted molar refractivity (Wildman–Crippen MR) is 73.7 cm³/mol. The maximum Gasteiger partial charge on any atom is 0.309 e. The van der Waals surface area contributed by atoms with E-state index >= 15 is 0 Å². The van der Waals surface area contributed by atoms with Crippen LogP contribution in [0.15, 0.2) is 0 Å². The van der Waals surface area contributed by atoms with E-state index in [1.807, 2.05) is 6.92 Å². The first-order chi connectivity index (χ1) is 9.08. The molecule has 0 radical (unpaired) electrons. The van der Waals surface area contributed by atoms with E-state index in [2.05, 4.69) is 20.8 Å². The summed E-state index contributed by atoms with van der Waals surface area (Å²) >= 11 is 0. The van der Waals surface area contributed by atoms with Crippen LogP contribution in [0.25, 0.3) is 0 Å². The summed E-state index contributed by atoms with van der Waals surface area (Å²) < 4.78 is 16.6. The van der Waals surface area contributed by atoms with Crippen molar-refractivity contribution in [2.45, 2.75) is 65.8 Å². The lowest BCUT2D eigenvalue weighted by molar-refractivity contribution is -0.240. The molecule has 0 saturated carbocycles. The number of unbranched alkanes of at least 4 members (excludes halogenated alkanes) is 1. The summed E-state index contributed by atoms with van der Waals surface area (Å²) in [4.78, 5) is 12.0. The van der Waals surface area contributed by atoms with E-state index in [1.165, 1.54) is 0 Å². The monoisotopic (exact) mass is 272 g/mol. The van der Waals surface area contributed by atoms with Crippen LogP contribution in [-0.4, -0.2) is 31.6 Å². The topological polar surface area (TPSA) is 44.8 Å². The van der Waals surface area contributed by atoms with Gasteiger partial charge in [-0.2, -0.15) is 0 Å². The van der Waals surface area contributed by atoms with Crippen LogP contribution in [0.4, 0.5) is 0 Å². The molecule has 1 aliphatic heterocycles. The molecule has 1 saturated heterocycles. The quantitative estimate of drug-likeness (QED) is 0.668. The molecule has 0 N–H and O–H groups in total. The molecular formula is C15H28O4. The van der Waals surface area contributed by atoms with E-state index in [0.29, 0.717) is 19.1 Å². The number of hydrogen-bond donors (Lipinski definition) is 0. The number of carbonyl (C=O) groups is 1. The third-order valence-electron chi connectivity index (χ3n) is 3.45. The van der Waals surface area contributed by atoms with Gasteiger partial charge in [-0.15, -0.1) is 0 Å². The molecule has 112 valence electrons. The van der Waals surface area contributed by atoms with Crippen LogP contribution in [0.1, 0.15) is 53.4 Å². The third-order valence-corrected chi connectivity index (χ3v) is 3.45. The SMILES string of the molecule is CCCCC(CC)C(=O)OC1COC(C(C)C)OC1. The predicted octanol–water partition coefficient (Wildman–Crippen LogP) is 3.14. The minimum Gasteiger partial charge on any atom is -0.457 e. The minimum atomic E-state index is -0.252. The molecule has 1 rings (SSSR count). The van der Waals surface area contributed by atoms with Crippen molar-refractivity contribution in [2.24, 2.45) is 11.8 Å². The molecule has 1 unspecified atom stereocenters. The Hall–Kier alpha value is -0.610. The molecule has 1 fully saturated rings. The largest absolute Gasteiger partial charge is 0.457 e. The Morgan fingerprint density at radius 3 is 2.37 bits per heavy atom. The lowest BCUT2D eigenvalue weighted by Gasteiger charge is -2.31. The van der Waals surface area contributed by atoms with Gasteiger partial charge in [0.25, 0.3) is 0 Å². The maximum absolute atomic E-state index is 12.0. The molecule has 0 bridgehead atoms. The summed E-state index contributed by atoms with van der Waals surface area (Å²) in [7, 11) is 0. The van der Waals surface area contributed by atoms with Crippen molar-refractivity contribution in [1.29, 1.82) is 0 Å². The standard InChI is InChI=1S/C15H28O4/c1-5-7-8-12(6-2)14(16)19-13-9-17-15(11(3)4)18-10-13/h11-13,15H,5-10H2,1-4H3. The molecule has 4 nitrogen and oxygen atoms in total. The van der Waals surface area contributed by atoms with Gasteiger partial charge in [0, 0.05) is 5.92 Å². The van der Waals surface area contributed by atoms with Crippen molar-refractivity contribution >= 4 is 5.97 Å². The first-order valence-corrected chi connectivity index (χ1v) is 7.52. The van der Waals surface area contributed by atoms with Gasteiger partial charge < -0.3 is 14.2 Å². The lowest BCUT2D eigenvalue weighted by atomic mass is 10.00. The van der Waals surface area contributed by atoms with Gasteiger partial charge in [0.2, 0.25) is 0 Å². The zero-order valence-electron chi connectivity index (χ0n) is 12.7. The fourth-order valence-electron chi connectivity index (χ4n) is 2.15. The Morgan fingerprint density at radius 2 is 1.89 bits per heavy atom. The Kier molecular flexibility index (Phi) is 7.39. The van der Waals surface area contributed by atoms with E-state index in [-0.39, 0.29) is 24.3 Å².